The summed E-state index contributed by atoms with van der Waals surface area (Å²) in [7, 11) is -3.69. The van der Waals surface area contributed by atoms with Crippen LogP contribution in [0.3, 0.4) is 0 Å². The highest BCUT2D eigenvalue weighted by Crippen LogP contribution is 2.32. The summed E-state index contributed by atoms with van der Waals surface area (Å²) >= 11 is 0. The molecule has 2 N–H and O–H groups in total. The fourth-order valence-electron chi connectivity index (χ4n) is 2.39. The molecule has 3 rings (SSSR count). The first-order valence-electron chi connectivity index (χ1n) is 7.62. The van der Waals surface area contributed by atoms with Gasteiger partial charge < -0.3 is 10.1 Å². The summed E-state index contributed by atoms with van der Waals surface area (Å²) in [5, 5.41) is 2.69. The molecule has 2 aromatic carbocycles. The van der Waals surface area contributed by atoms with Crippen molar-refractivity contribution in [3.05, 3.63) is 48.0 Å². The molecule has 1 heterocycles. The van der Waals surface area contributed by atoms with E-state index in [1.54, 1.807) is 43.3 Å². The maximum Gasteiger partial charge on any atom is 0.265 e. The van der Waals surface area contributed by atoms with Crippen LogP contribution in [-0.4, -0.2) is 20.4 Å². The molecule has 0 saturated carbocycles. The number of hydrogen-bond donors (Lipinski definition) is 2. The van der Waals surface area contributed by atoms with Gasteiger partial charge in [0, 0.05) is 0 Å². The molecule has 1 atom stereocenters. The van der Waals surface area contributed by atoms with Crippen LogP contribution >= 0.6 is 0 Å². The van der Waals surface area contributed by atoms with Crippen molar-refractivity contribution in [3.63, 3.8) is 0 Å². The molecule has 0 bridgehead atoms. The number of ether oxygens (including phenoxy) is 1. The zero-order chi connectivity index (χ0) is 17.3. The molecule has 7 heteroatoms. The van der Waals surface area contributed by atoms with Crippen molar-refractivity contribution in [2.75, 3.05) is 10.0 Å². The fourth-order valence-corrected chi connectivity index (χ4v) is 3.44. The van der Waals surface area contributed by atoms with Crippen LogP contribution in [0.15, 0.2) is 47.4 Å². The molecule has 1 aliphatic heterocycles. The zero-order valence-corrected chi connectivity index (χ0v) is 14.2. The molecule has 0 aliphatic carbocycles. The number of amides is 1. The first-order chi connectivity index (χ1) is 11.4. The highest BCUT2D eigenvalue weighted by atomic mass is 32.2. The number of carbonyl (C=O) groups is 1. The first kappa shape index (κ1) is 16.3. The van der Waals surface area contributed by atoms with Gasteiger partial charge in [0.1, 0.15) is 5.75 Å². The molecule has 0 spiro atoms. The number of aryl methyl sites for hydroxylation is 1. The molecule has 2 aromatic rings. The van der Waals surface area contributed by atoms with Crippen LogP contribution in [-0.2, 0) is 21.2 Å². The van der Waals surface area contributed by atoms with Crippen LogP contribution in [0.25, 0.3) is 0 Å². The van der Waals surface area contributed by atoms with Gasteiger partial charge in [-0.05, 0) is 49.2 Å². The quantitative estimate of drug-likeness (QED) is 0.891. The largest absolute Gasteiger partial charge is 0.479 e. The molecule has 24 heavy (non-hydrogen) atoms. The maximum atomic E-state index is 12.5. The SMILES string of the molecule is CCc1ccc(S(=O)(=O)Nc2ccc3c(c2)NC(=O)[C@@H](C)O3)cc1. The number of rotatable bonds is 4. The van der Waals surface area contributed by atoms with E-state index >= 15 is 0 Å². The molecule has 0 fully saturated rings. The van der Waals surface area contributed by atoms with Crippen molar-refractivity contribution < 1.29 is 17.9 Å². The second-order valence-corrected chi connectivity index (χ2v) is 7.25. The number of hydrogen-bond acceptors (Lipinski definition) is 4. The van der Waals surface area contributed by atoms with Crippen molar-refractivity contribution in [2.24, 2.45) is 0 Å². The second kappa shape index (κ2) is 6.16. The molecule has 6 nitrogen and oxygen atoms in total. The van der Waals surface area contributed by atoms with Gasteiger partial charge >= 0.3 is 0 Å². The Labute approximate surface area is 140 Å². The number of sulfonamides is 1. The van der Waals surface area contributed by atoms with Gasteiger partial charge in [-0.2, -0.15) is 0 Å². The van der Waals surface area contributed by atoms with Gasteiger partial charge in [0.25, 0.3) is 15.9 Å². The Hall–Kier alpha value is -2.54. The van der Waals surface area contributed by atoms with Crippen LogP contribution in [0.4, 0.5) is 11.4 Å². The van der Waals surface area contributed by atoms with E-state index in [9.17, 15) is 13.2 Å². The Morgan fingerprint density at radius 2 is 1.88 bits per heavy atom. The van der Waals surface area contributed by atoms with E-state index in [4.69, 9.17) is 4.74 Å². The monoisotopic (exact) mass is 346 g/mol. The van der Waals surface area contributed by atoms with Gasteiger partial charge in [-0.15, -0.1) is 0 Å². The lowest BCUT2D eigenvalue weighted by Gasteiger charge is -2.23. The minimum atomic E-state index is -3.69. The van der Waals surface area contributed by atoms with E-state index in [1.165, 1.54) is 6.07 Å². The predicted octanol–water partition coefficient (Wildman–Crippen LogP) is 2.77. The lowest BCUT2D eigenvalue weighted by atomic mass is 10.2. The van der Waals surface area contributed by atoms with Crippen molar-refractivity contribution in [1.29, 1.82) is 0 Å². The standard InChI is InChI=1S/C17H18N2O4S/c1-3-12-4-7-14(8-5-12)24(21,22)19-13-6-9-16-15(10-13)18-17(20)11(2)23-16/h4-11,19H,3H2,1-2H3,(H,18,20)/t11-/m1/s1. The molecule has 0 radical (unpaired) electrons. The molecule has 1 amide bonds. The fraction of sp³-hybridized carbons (Fsp3) is 0.235. The highest BCUT2D eigenvalue weighted by Gasteiger charge is 2.24. The van der Waals surface area contributed by atoms with Gasteiger partial charge in [0.05, 0.1) is 16.3 Å². The molecule has 0 unspecified atom stereocenters. The Morgan fingerprint density at radius 1 is 1.17 bits per heavy atom. The number of nitrogens with one attached hydrogen (secondary N) is 2. The average molecular weight is 346 g/mol. The number of fused-ring (bicyclic) bond motifs is 1. The zero-order valence-electron chi connectivity index (χ0n) is 13.4. The van der Waals surface area contributed by atoms with Crippen molar-refractivity contribution in [2.45, 2.75) is 31.3 Å². The normalized spacial score (nSPS) is 16.8. The van der Waals surface area contributed by atoms with Crippen LogP contribution in [0, 0.1) is 0 Å². The summed E-state index contributed by atoms with van der Waals surface area (Å²) in [6.07, 6.45) is 0.272. The van der Waals surface area contributed by atoms with Gasteiger partial charge in [-0.25, -0.2) is 8.42 Å². The van der Waals surface area contributed by atoms with Crippen LogP contribution in [0.2, 0.25) is 0 Å². The molecule has 0 aromatic heterocycles. The van der Waals surface area contributed by atoms with Gasteiger partial charge in [-0.1, -0.05) is 19.1 Å². The van der Waals surface area contributed by atoms with E-state index < -0.39 is 16.1 Å². The Bertz CT molecular complexity index is 876. The number of benzene rings is 2. The Balaban J connectivity index is 1.85. The lowest BCUT2D eigenvalue weighted by Crippen LogP contribution is -2.34. The van der Waals surface area contributed by atoms with Gasteiger partial charge in [0.2, 0.25) is 0 Å². The Kier molecular flexibility index (Phi) is 4.19. The number of carbonyl (C=O) groups excluding carboxylic acids is 1. The van der Waals surface area contributed by atoms with E-state index in [1.807, 2.05) is 6.92 Å². The van der Waals surface area contributed by atoms with Crippen LogP contribution in [0.5, 0.6) is 5.75 Å². The molecule has 126 valence electrons. The topological polar surface area (TPSA) is 84.5 Å². The average Bonchev–Trinajstić information content (AvgIpc) is 2.56. The second-order valence-electron chi connectivity index (χ2n) is 5.56. The summed E-state index contributed by atoms with van der Waals surface area (Å²) in [6.45, 7) is 3.65. The van der Waals surface area contributed by atoms with Crippen LogP contribution < -0.4 is 14.8 Å². The summed E-state index contributed by atoms with van der Waals surface area (Å²) in [6, 6.07) is 11.5. The molecular formula is C17H18N2O4S. The van der Waals surface area contributed by atoms with Crippen molar-refractivity contribution in [1.82, 2.24) is 0 Å². The van der Waals surface area contributed by atoms with Crippen LogP contribution in [0.1, 0.15) is 19.4 Å². The third-order valence-electron chi connectivity index (χ3n) is 3.80. The smallest absolute Gasteiger partial charge is 0.265 e. The summed E-state index contributed by atoms with van der Waals surface area (Å²) < 4.78 is 32.9. The third kappa shape index (κ3) is 3.21. The van der Waals surface area contributed by atoms with E-state index in [0.29, 0.717) is 17.1 Å². The van der Waals surface area contributed by atoms with E-state index in [-0.39, 0.29) is 10.8 Å². The van der Waals surface area contributed by atoms with E-state index in [0.717, 1.165) is 12.0 Å². The maximum absolute atomic E-state index is 12.5. The minimum Gasteiger partial charge on any atom is -0.479 e. The lowest BCUT2D eigenvalue weighted by molar-refractivity contribution is -0.122. The summed E-state index contributed by atoms with van der Waals surface area (Å²) in [4.78, 5) is 11.8. The molecular weight excluding hydrogens is 328 g/mol. The summed E-state index contributed by atoms with van der Waals surface area (Å²) in [5.74, 6) is 0.245. The number of anilines is 2. The van der Waals surface area contributed by atoms with Gasteiger partial charge in [-0.3, -0.25) is 9.52 Å². The molecule has 1 aliphatic rings. The van der Waals surface area contributed by atoms with Crippen molar-refractivity contribution >= 4 is 27.3 Å². The minimum absolute atomic E-state index is 0.186. The van der Waals surface area contributed by atoms with E-state index in [2.05, 4.69) is 10.0 Å². The predicted molar refractivity (Wildman–Crippen MR) is 91.8 cm³/mol. The van der Waals surface area contributed by atoms with Gasteiger partial charge in [0.15, 0.2) is 6.10 Å². The molecule has 0 saturated heterocycles. The highest BCUT2D eigenvalue weighted by molar-refractivity contribution is 7.92. The summed E-state index contributed by atoms with van der Waals surface area (Å²) in [5.41, 5.74) is 1.86. The van der Waals surface area contributed by atoms with Crippen molar-refractivity contribution in [3.8, 4) is 5.75 Å². The Morgan fingerprint density at radius 3 is 2.54 bits per heavy atom. The first-order valence-corrected chi connectivity index (χ1v) is 9.10. The third-order valence-corrected chi connectivity index (χ3v) is 5.20.